The number of benzene rings is 1. The molecule has 0 aliphatic carbocycles. The van der Waals surface area contributed by atoms with E-state index in [0.29, 0.717) is 23.0 Å². The average molecular weight is 355 g/mol. The molecule has 1 atom stereocenters. The summed E-state index contributed by atoms with van der Waals surface area (Å²) in [5, 5.41) is 13.0. The molecule has 2 aromatic heterocycles. The van der Waals surface area contributed by atoms with Crippen LogP contribution in [0, 0.1) is 11.7 Å². The van der Waals surface area contributed by atoms with Crippen molar-refractivity contribution in [2.24, 2.45) is 5.92 Å². The number of hydrogen-bond donors (Lipinski definition) is 0. The zero-order valence-corrected chi connectivity index (χ0v) is 14.8. The molecule has 6 nitrogen and oxygen atoms in total. The van der Waals surface area contributed by atoms with Crippen LogP contribution in [0.3, 0.4) is 0 Å². The topological polar surface area (TPSA) is 55.5 Å². The molecule has 1 aromatic carbocycles. The molecule has 4 rings (SSSR count). The van der Waals surface area contributed by atoms with Gasteiger partial charge in [0.05, 0.1) is 12.2 Å². The first kappa shape index (κ1) is 16.9. The lowest BCUT2D eigenvalue weighted by Crippen LogP contribution is -2.38. The van der Waals surface area contributed by atoms with Crippen molar-refractivity contribution in [3.05, 3.63) is 42.2 Å². The first-order valence-corrected chi connectivity index (χ1v) is 9.06. The lowest BCUT2D eigenvalue weighted by atomic mass is 9.99. The Morgan fingerprint density at radius 3 is 2.92 bits per heavy atom. The highest BCUT2D eigenvalue weighted by Gasteiger charge is 2.22. The molecule has 7 heteroatoms. The summed E-state index contributed by atoms with van der Waals surface area (Å²) in [5.74, 6) is 1.45. The van der Waals surface area contributed by atoms with Crippen LogP contribution in [0.1, 0.15) is 19.8 Å². The van der Waals surface area contributed by atoms with Crippen molar-refractivity contribution < 1.29 is 9.13 Å². The average Bonchev–Trinajstić information content (AvgIpc) is 3.10. The SMILES string of the molecule is CCOCC1CCCN(c2ccc3nnc(-c4ccccc4F)n3n2)C1. The lowest BCUT2D eigenvalue weighted by Gasteiger charge is -2.33. The van der Waals surface area contributed by atoms with Gasteiger partial charge in [0.15, 0.2) is 11.5 Å². The molecule has 1 aliphatic rings. The van der Waals surface area contributed by atoms with Crippen molar-refractivity contribution in [3.8, 4) is 11.4 Å². The van der Waals surface area contributed by atoms with Crippen LogP contribution < -0.4 is 4.90 Å². The highest BCUT2D eigenvalue weighted by atomic mass is 19.1. The van der Waals surface area contributed by atoms with Crippen LogP contribution in [0.5, 0.6) is 0 Å². The van der Waals surface area contributed by atoms with E-state index in [1.807, 2.05) is 19.1 Å². The zero-order valence-electron chi connectivity index (χ0n) is 14.8. The van der Waals surface area contributed by atoms with Crippen molar-refractivity contribution in [1.82, 2.24) is 19.8 Å². The Morgan fingerprint density at radius 2 is 2.08 bits per heavy atom. The molecule has 1 unspecified atom stereocenters. The van der Waals surface area contributed by atoms with Crippen LogP contribution >= 0.6 is 0 Å². The van der Waals surface area contributed by atoms with Gasteiger partial charge in [-0.2, -0.15) is 4.52 Å². The van der Waals surface area contributed by atoms with Gasteiger partial charge >= 0.3 is 0 Å². The van der Waals surface area contributed by atoms with E-state index in [-0.39, 0.29) is 5.82 Å². The molecule has 3 heterocycles. The summed E-state index contributed by atoms with van der Waals surface area (Å²) in [6.07, 6.45) is 2.28. The third-order valence-electron chi connectivity index (χ3n) is 4.76. The summed E-state index contributed by atoms with van der Waals surface area (Å²) in [6.45, 7) is 5.41. The van der Waals surface area contributed by atoms with Gasteiger partial charge in [0.25, 0.3) is 0 Å². The molecule has 26 heavy (non-hydrogen) atoms. The minimum atomic E-state index is -0.330. The number of hydrogen-bond acceptors (Lipinski definition) is 5. The first-order chi connectivity index (χ1) is 12.8. The van der Waals surface area contributed by atoms with E-state index < -0.39 is 0 Å². The predicted octanol–water partition coefficient (Wildman–Crippen LogP) is 3.18. The molecular weight excluding hydrogens is 333 g/mol. The van der Waals surface area contributed by atoms with Gasteiger partial charge in [0.1, 0.15) is 11.6 Å². The molecular formula is C19H22FN5O. The lowest BCUT2D eigenvalue weighted by molar-refractivity contribution is 0.104. The van der Waals surface area contributed by atoms with E-state index in [9.17, 15) is 4.39 Å². The van der Waals surface area contributed by atoms with Gasteiger partial charge in [-0.05, 0) is 49.9 Å². The molecule has 0 bridgehead atoms. The van der Waals surface area contributed by atoms with Crippen molar-refractivity contribution in [2.75, 3.05) is 31.2 Å². The molecule has 0 saturated carbocycles. The van der Waals surface area contributed by atoms with Crippen molar-refractivity contribution >= 4 is 11.5 Å². The molecule has 0 N–H and O–H groups in total. The third-order valence-corrected chi connectivity index (χ3v) is 4.76. The predicted molar refractivity (Wildman–Crippen MR) is 97.6 cm³/mol. The third kappa shape index (κ3) is 3.26. The van der Waals surface area contributed by atoms with Crippen molar-refractivity contribution in [1.29, 1.82) is 0 Å². The van der Waals surface area contributed by atoms with E-state index in [0.717, 1.165) is 38.5 Å². The fourth-order valence-corrected chi connectivity index (χ4v) is 3.45. The highest BCUT2D eigenvalue weighted by Crippen LogP contribution is 2.25. The van der Waals surface area contributed by atoms with Gasteiger partial charge in [0.2, 0.25) is 0 Å². The Labute approximate surface area is 151 Å². The number of nitrogens with zero attached hydrogens (tertiary/aromatic N) is 5. The van der Waals surface area contributed by atoms with Crippen LogP contribution in [-0.4, -0.2) is 46.1 Å². The van der Waals surface area contributed by atoms with Gasteiger partial charge in [0, 0.05) is 19.7 Å². The maximum atomic E-state index is 14.2. The maximum absolute atomic E-state index is 14.2. The zero-order chi connectivity index (χ0) is 17.9. The van der Waals surface area contributed by atoms with Crippen LogP contribution in [0.2, 0.25) is 0 Å². The van der Waals surface area contributed by atoms with Crippen LogP contribution in [0.15, 0.2) is 36.4 Å². The number of halogens is 1. The molecule has 3 aromatic rings. The fraction of sp³-hybridized carbons (Fsp3) is 0.421. The van der Waals surface area contributed by atoms with E-state index in [2.05, 4.69) is 15.1 Å². The fourth-order valence-electron chi connectivity index (χ4n) is 3.45. The van der Waals surface area contributed by atoms with E-state index in [1.54, 1.807) is 22.7 Å². The summed E-state index contributed by atoms with van der Waals surface area (Å²) < 4.78 is 21.4. The summed E-state index contributed by atoms with van der Waals surface area (Å²) in [6, 6.07) is 10.4. The monoisotopic (exact) mass is 355 g/mol. The summed E-state index contributed by atoms with van der Waals surface area (Å²) >= 11 is 0. The second-order valence-electron chi connectivity index (χ2n) is 6.58. The first-order valence-electron chi connectivity index (χ1n) is 9.06. The number of aromatic nitrogens is 4. The highest BCUT2D eigenvalue weighted by molar-refractivity contribution is 5.60. The summed E-state index contributed by atoms with van der Waals surface area (Å²) in [5.41, 5.74) is 1.01. The van der Waals surface area contributed by atoms with Crippen LogP contribution in [0.25, 0.3) is 17.0 Å². The molecule has 1 fully saturated rings. The second kappa shape index (κ2) is 7.37. The number of fused-ring (bicyclic) bond motifs is 1. The van der Waals surface area contributed by atoms with E-state index >= 15 is 0 Å². The normalized spacial score (nSPS) is 17.8. The Bertz CT molecular complexity index is 897. The molecule has 1 aliphatic heterocycles. The molecule has 0 radical (unpaired) electrons. The maximum Gasteiger partial charge on any atom is 0.188 e. The Hall–Kier alpha value is -2.54. The Morgan fingerprint density at radius 1 is 1.19 bits per heavy atom. The molecule has 136 valence electrons. The molecule has 1 saturated heterocycles. The number of ether oxygens (including phenoxy) is 1. The smallest absolute Gasteiger partial charge is 0.188 e. The van der Waals surface area contributed by atoms with Gasteiger partial charge in [-0.3, -0.25) is 0 Å². The second-order valence-corrected chi connectivity index (χ2v) is 6.58. The number of anilines is 1. The standard InChI is InChI=1S/C19H22FN5O/c1-2-26-13-14-6-5-11-24(12-14)18-10-9-17-21-22-19(25(17)23-18)15-7-3-4-8-16(15)20/h3-4,7-10,14H,2,5-6,11-13H2,1H3. The van der Waals surface area contributed by atoms with Gasteiger partial charge in [-0.15, -0.1) is 15.3 Å². The van der Waals surface area contributed by atoms with Gasteiger partial charge in [-0.1, -0.05) is 12.1 Å². The quantitative estimate of drug-likeness (QED) is 0.704. The van der Waals surface area contributed by atoms with E-state index in [4.69, 9.17) is 9.84 Å². The largest absolute Gasteiger partial charge is 0.381 e. The van der Waals surface area contributed by atoms with Crippen LogP contribution in [0.4, 0.5) is 10.2 Å². The molecule has 0 amide bonds. The van der Waals surface area contributed by atoms with Gasteiger partial charge < -0.3 is 9.64 Å². The van der Waals surface area contributed by atoms with Gasteiger partial charge in [-0.25, -0.2) is 4.39 Å². The Balaban J connectivity index is 1.65. The minimum absolute atomic E-state index is 0.330. The summed E-state index contributed by atoms with van der Waals surface area (Å²) in [4.78, 5) is 2.26. The minimum Gasteiger partial charge on any atom is -0.381 e. The van der Waals surface area contributed by atoms with E-state index in [1.165, 1.54) is 12.5 Å². The number of piperidine rings is 1. The Kier molecular flexibility index (Phi) is 4.79. The number of rotatable bonds is 5. The molecule has 0 spiro atoms. The summed E-state index contributed by atoms with van der Waals surface area (Å²) in [7, 11) is 0. The van der Waals surface area contributed by atoms with Crippen LogP contribution in [-0.2, 0) is 4.74 Å². The van der Waals surface area contributed by atoms with Crippen molar-refractivity contribution in [3.63, 3.8) is 0 Å². The van der Waals surface area contributed by atoms with Crippen molar-refractivity contribution in [2.45, 2.75) is 19.8 Å².